The molecule has 0 N–H and O–H groups in total. The van der Waals surface area contributed by atoms with Crippen LogP contribution in [0.4, 0.5) is 5.69 Å². The van der Waals surface area contributed by atoms with Crippen LogP contribution in [0.3, 0.4) is 0 Å². The van der Waals surface area contributed by atoms with E-state index in [2.05, 4.69) is 4.98 Å². The SMILES string of the molecule is Cc1ccc([N+](=O)[O-])c(-c2c(Cl)cccc2Cl)n1. The Hall–Kier alpha value is -1.65. The van der Waals surface area contributed by atoms with Gasteiger partial charge in [0.15, 0.2) is 5.69 Å². The van der Waals surface area contributed by atoms with E-state index in [-0.39, 0.29) is 11.4 Å². The number of rotatable bonds is 2. The molecule has 0 aliphatic carbocycles. The molecule has 2 aromatic rings. The lowest BCUT2D eigenvalue weighted by Gasteiger charge is -2.07. The Morgan fingerprint density at radius 1 is 1.17 bits per heavy atom. The van der Waals surface area contributed by atoms with Crippen molar-refractivity contribution in [2.75, 3.05) is 0 Å². The second kappa shape index (κ2) is 4.92. The van der Waals surface area contributed by atoms with E-state index < -0.39 is 4.92 Å². The minimum Gasteiger partial charge on any atom is -0.258 e. The summed E-state index contributed by atoms with van der Waals surface area (Å²) in [7, 11) is 0. The molecule has 92 valence electrons. The average Bonchev–Trinajstić information content (AvgIpc) is 2.28. The van der Waals surface area contributed by atoms with Crippen LogP contribution in [0.1, 0.15) is 5.69 Å². The van der Waals surface area contributed by atoms with Crippen LogP contribution in [-0.4, -0.2) is 9.91 Å². The highest BCUT2D eigenvalue weighted by Crippen LogP contribution is 2.38. The lowest BCUT2D eigenvalue weighted by Crippen LogP contribution is -1.97. The molecule has 0 aliphatic rings. The van der Waals surface area contributed by atoms with Crippen LogP contribution in [-0.2, 0) is 0 Å². The van der Waals surface area contributed by atoms with Crippen LogP contribution < -0.4 is 0 Å². The number of halogens is 2. The van der Waals surface area contributed by atoms with E-state index in [1.807, 2.05) is 0 Å². The molecule has 0 amide bonds. The van der Waals surface area contributed by atoms with Crippen molar-refractivity contribution >= 4 is 28.9 Å². The molecule has 6 heteroatoms. The molecule has 18 heavy (non-hydrogen) atoms. The van der Waals surface area contributed by atoms with Crippen LogP contribution in [0.25, 0.3) is 11.3 Å². The molecule has 2 rings (SSSR count). The zero-order valence-corrected chi connectivity index (χ0v) is 10.9. The second-order valence-corrected chi connectivity index (χ2v) is 4.49. The molecule has 0 spiro atoms. The fourth-order valence-corrected chi connectivity index (χ4v) is 2.18. The van der Waals surface area contributed by atoms with Crippen molar-refractivity contribution in [3.63, 3.8) is 0 Å². The predicted octanol–water partition coefficient (Wildman–Crippen LogP) is 4.27. The maximum Gasteiger partial charge on any atom is 0.295 e. The summed E-state index contributed by atoms with van der Waals surface area (Å²) in [6, 6.07) is 7.90. The predicted molar refractivity (Wildman–Crippen MR) is 71.1 cm³/mol. The maximum atomic E-state index is 11.0. The van der Waals surface area contributed by atoms with Gasteiger partial charge in [-0.25, -0.2) is 4.98 Å². The van der Waals surface area contributed by atoms with Gasteiger partial charge in [0, 0.05) is 17.3 Å². The minimum absolute atomic E-state index is 0.115. The Morgan fingerprint density at radius 3 is 2.33 bits per heavy atom. The first-order valence-corrected chi connectivity index (χ1v) is 5.82. The number of pyridine rings is 1. The molecule has 0 unspecified atom stereocenters. The Kier molecular flexibility index (Phi) is 3.50. The standard InChI is InChI=1S/C12H8Cl2N2O2/c1-7-5-6-10(16(17)18)12(15-7)11-8(13)3-2-4-9(11)14/h2-6H,1H3. The molecule has 0 fully saturated rings. The van der Waals surface area contributed by atoms with Gasteiger partial charge in [0.25, 0.3) is 5.69 Å². The highest BCUT2D eigenvalue weighted by Gasteiger charge is 2.21. The number of hydrogen-bond acceptors (Lipinski definition) is 3. The summed E-state index contributed by atoms with van der Waals surface area (Å²) < 4.78 is 0. The van der Waals surface area contributed by atoms with Crippen LogP contribution in [0.5, 0.6) is 0 Å². The number of hydrogen-bond donors (Lipinski definition) is 0. The van der Waals surface area contributed by atoms with Crippen molar-refractivity contribution in [1.82, 2.24) is 4.98 Å². The first kappa shape index (κ1) is 12.8. The topological polar surface area (TPSA) is 56.0 Å². The number of benzene rings is 1. The first-order chi connectivity index (χ1) is 8.50. The van der Waals surface area contributed by atoms with Crippen molar-refractivity contribution in [2.24, 2.45) is 0 Å². The van der Waals surface area contributed by atoms with Gasteiger partial charge in [0.2, 0.25) is 0 Å². The van der Waals surface area contributed by atoms with Gasteiger partial charge in [0.05, 0.1) is 15.0 Å². The van der Waals surface area contributed by atoms with Gasteiger partial charge in [-0.2, -0.15) is 0 Å². The molecule has 1 aromatic carbocycles. The third kappa shape index (κ3) is 2.30. The summed E-state index contributed by atoms with van der Waals surface area (Å²) in [4.78, 5) is 14.7. The zero-order valence-electron chi connectivity index (χ0n) is 9.35. The summed E-state index contributed by atoms with van der Waals surface area (Å²) in [6.45, 7) is 1.75. The monoisotopic (exact) mass is 282 g/mol. The van der Waals surface area contributed by atoms with Crippen molar-refractivity contribution in [1.29, 1.82) is 0 Å². The van der Waals surface area contributed by atoms with Crippen molar-refractivity contribution in [2.45, 2.75) is 6.92 Å². The van der Waals surface area contributed by atoms with E-state index in [9.17, 15) is 10.1 Å². The molecular formula is C12H8Cl2N2O2. The smallest absolute Gasteiger partial charge is 0.258 e. The van der Waals surface area contributed by atoms with Crippen LogP contribution in [0.15, 0.2) is 30.3 Å². The van der Waals surface area contributed by atoms with Crippen LogP contribution >= 0.6 is 23.2 Å². The minimum atomic E-state index is -0.499. The Bertz CT molecular complexity index is 609. The molecular weight excluding hydrogens is 275 g/mol. The van der Waals surface area contributed by atoms with Gasteiger partial charge in [-0.1, -0.05) is 29.3 Å². The fourth-order valence-electron chi connectivity index (χ4n) is 1.60. The van der Waals surface area contributed by atoms with Gasteiger partial charge in [0.1, 0.15) is 0 Å². The number of aromatic nitrogens is 1. The van der Waals surface area contributed by atoms with E-state index in [1.54, 1.807) is 31.2 Å². The molecule has 1 heterocycles. The van der Waals surface area contributed by atoms with Crippen molar-refractivity contribution in [3.05, 3.63) is 56.2 Å². The molecule has 0 saturated heterocycles. The van der Waals surface area contributed by atoms with Gasteiger partial charge >= 0.3 is 0 Å². The maximum absolute atomic E-state index is 11.0. The van der Waals surface area contributed by atoms with Gasteiger partial charge < -0.3 is 0 Å². The molecule has 0 atom stereocenters. The van der Waals surface area contributed by atoms with Gasteiger partial charge in [-0.05, 0) is 25.1 Å². The van der Waals surface area contributed by atoms with E-state index in [4.69, 9.17) is 23.2 Å². The zero-order chi connectivity index (χ0) is 13.3. The summed E-state index contributed by atoms with van der Waals surface area (Å²) in [5.74, 6) is 0. The third-order valence-electron chi connectivity index (χ3n) is 2.41. The van der Waals surface area contributed by atoms with E-state index in [1.165, 1.54) is 6.07 Å². The van der Waals surface area contributed by atoms with Crippen LogP contribution in [0.2, 0.25) is 10.0 Å². The summed E-state index contributed by atoms with van der Waals surface area (Å²) in [5, 5.41) is 11.7. The Balaban J connectivity index is 2.77. The Morgan fingerprint density at radius 2 is 1.78 bits per heavy atom. The molecule has 0 aliphatic heterocycles. The third-order valence-corrected chi connectivity index (χ3v) is 3.04. The summed E-state index contributed by atoms with van der Waals surface area (Å²) in [6.07, 6.45) is 0. The highest BCUT2D eigenvalue weighted by molar-refractivity contribution is 6.39. The fraction of sp³-hybridized carbons (Fsp3) is 0.0833. The normalized spacial score (nSPS) is 10.4. The van der Waals surface area contributed by atoms with E-state index in [0.29, 0.717) is 21.3 Å². The largest absolute Gasteiger partial charge is 0.295 e. The molecule has 4 nitrogen and oxygen atoms in total. The van der Waals surface area contributed by atoms with Crippen LogP contribution in [0, 0.1) is 17.0 Å². The second-order valence-electron chi connectivity index (χ2n) is 3.67. The molecule has 1 aromatic heterocycles. The first-order valence-electron chi connectivity index (χ1n) is 5.07. The highest BCUT2D eigenvalue weighted by atomic mass is 35.5. The number of nitro groups is 1. The van der Waals surface area contributed by atoms with Crippen molar-refractivity contribution < 1.29 is 4.92 Å². The quantitative estimate of drug-likeness (QED) is 0.610. The summed E-state index contributed by atoms with van der Waals surface area (Å²) in [5.41, 5.74) is 1.12. The Labute approximate surface area is 113 Å². The number of aryl methyl sites for hydroxylation is 1. The van der Waals surface area contributed by atoms with E-state index >= 15 is 0 Å². The molecule has 0 radical (unpaired) electrons. The molecule has 0 bridgehead atoms. The average molecular weight is 283 g/mol. The van der Waals surface area contributed by atoms with Gasteiger partial charge in [-0.15, -0.1) is 0 Å². The lowest BCUT2D eigenvalue weighted by atomic mass is 10.1. The lowest BCUT2D eigenvalue weighted by molar-refractivity contribution is -0.384. The van der Waals surface area contributed by atoms with E-state index in [0.717, 1.165) is 0 Å². The van der Waals surface area contributed by atoms with Crippen molar-refractivity contribution in [3.8, 4) is 11.3 Å². The molecule has 0 saturated carbocycles. The van der Waals surface area contributed by atoms with Gasteiger partial charge in [-0.3, -0.25) is 10.1 Å². The summed E-state index contributed by atoms with van der Waals surface area (Å²) >= 11 is 12.1. The number of nitrogens with zero attached hydrogens (tertiary/aromatic N) is 2.